The number of hydrogen-bond donors (Lipinski definition) is 2. The first-order valence-corrected chi connectivity index (χ1v) is 13.2. The highest BCUT2D eigenvalue weighted by molar-refractivity contribution is 7.62. The Morgan fingerprint density at radius 2 is 1.79 bits per heavy atom. The molecule has 34 heavy (non-hydrogen) atoms. The molecule has 2 N–H and O–H groups in total. The number of carbonyl (C=O) groups excluding carboxylic acids is 2. The van der Waals surface area contributed by atoms with Gasteiger partial charge in [0.25, 0.3) is 0 Å². The molecule has 2 heterocycles. The highest BCUT2D eigenvalue weighted by Gasteiger charge is 2.35. The van der Waals surface area contributed by atoms with E-state index in [0.717, 1.165) is 22.6 Å². The van der Waals surface area contributed by atoms with Gasteiger partial charge in [-0.2, -0.15) is 0 Å². The van der Waals surface area contributed by atoms with Crippen molar-refractivity contribution in [1.82, 2.24) is 10.4 Å². The molecule has 2 aliphatic rings. The Kier molecular flexibility index (Phi) is 7.19. The Balaban J connectivity index is 1.39. The first-order chi connectivity index (χ1) is 16.2. The lowest BCUT2D eigenvalue weighted by atomic mass is 10.2. The molecule has 8 nitrogen and oxygen atoms in total. The van der Waals surface area contributed by atoms with Gasteiger partial charge in [-0.1, -0.05) is 30.3 Å². The second-order valence-electron chi connectivity index (χ2n) is 8.46. The normalized spacial score (nSPS) is 19.7. The third kappa shape index (κ3) is 5.56. The molecule has 11 heteroatoms. The number of nitrogens with one attached hydrogen (secondary N) is 2. The maximum Gasteiger partial charge on any atom is 0.414 e. The second kappa shape index (κ2) is 10.1. The molecule has 0 aromatic heterocycles. The molecule has 1 unspecified atom stereocenters. The van der Waals surface area contributed by atoms with E-state index in [1.165, 1.54) is 6.92 Å². The monoisotopic (exact) mass is 492 g/mol. The standard InChI is InChI=1S/C23H27F2N4O4P/c1-16(30)26-14-19-15-29(23(31)33-19)18-11-20(24)22(21(25)12-18)28-7-9-34(32,10-8-28)27-13-17-5-3-2-4-6-17/h2-6,11-12,19H,7-10,13-15H2,1H3,(H,26,30)(H,27,32). The Labute approximate surface area is 196 Å². The smallest absolute Gasteiger partial charge is 0.414 e. The molecule has 2 amide bonds. The van der Waals surface area contributed by atoms with E-state index in [0.29, 0.717) is 18.9 Å². The minimum Gasteiger partial charge on any atom is -0.442 e. The molecule has 2 aromatic rings. The zero-order valence-corrected chi connectivity index (χ0v) is 19.7. The van der Waals surface area contributed by atoms with Gasteiger partial charge in [-0.3, -0.25) is 14.8 Å². The predicted octanol–water partition coefficient (Wildman–Crippen LogP) is 3.31. The molecule has 2 aliphatic heterocycles. The number of benzene rings is 2. The van der Waals surface area contributed by atoms with E-state index in [1.54, 1.807) is 4.90 Å². The third-order valence-corrected chi connectivity index (χ3v) is 8.54. The van der Waals surface area contributed by atoms with E-state index in [2.05, 4.69) is 10.4 Å². The van der Waals surface area contributed by atoms with E-state index in [1.807, 2.05) is 30.3 Å². The predicted molar refractivity (Wildman–Crippen MR) is 125 cm³/mol. The molecule has 0 saturated carbocycles. The summed E-state index contributed by atoms with van der Waals surface area (Å²) in [4.78, 5) is 25.9. The van der Waals surface area contributed by atoms with Crippen LogP contribution in [0.25, 0.3) is 0 Å². The minimum atomic E-state index is -2.66. The highest BCUT2D eigenvalue weighted by atomic mass is 31.2. The summed E-state index contributed by atoms with van der Waals surface area (Å²) in [6.45, 7) is 2.50. The van der Waals surface area contributed by atoms with Gasteiger partial charge in [-0.25, -0.2) is 13.6 Å². The Hall–Kier alpha value is -2.97. The third-order valence-electron chi connectivity index (χ3n) is 5.96. The summed E-state index contributed by atoms with van der Waals surface area (Å²) in [5, 5.41) is 5.70. The van der Waals surface area contributed by atoms with Crippen LogP contribution in [0.3, 0.4) is 0 Å². The average molecular weight is 492 g/mol. The number of ether oxygens (including phenoxy) is 1. The summed E-state index contributed by atoms with van der Waals surface area (Å²) < 4.78 is 48.3. The van der Waals surface area contributed by atoms with Gasteiger partial charge in [0, 0.05) is 51.0 Å². The van der Waals surface area contributed by atoms with Crippen LogP contribution in [0.4, 0.5) is 25.0 Å². The number of carbonyl (C=O) groups is 2. The Morgan fingerprint density at radius 1 is 1.15 bits per heavy atom. The molecule has 0 bridgehead atoms. The van der Waals surface area contributed by atoms with Crippen LogP contribution in [-0.4, -0.2) is 56.6 Å². The molecular formula is C23H27F2N4O4P. The van der Waals surface area contributed by atoms with Gasteiger partial charge in [-0.15, -0.1) is 0 Å². The maximum absolute atomic E-state index is 15.0. The van der Waals surface area contributed by atoms with E-state index >= 15 is 0 Å². The molecule has 2 fully saturated rings. The van der Waals surface area contributed by atoms with Crippen LogP contribution >= 0.6 is 7.29 Å². The van der Waals surface area contributed by atoms with Crippen LogP contribution in [0.1, 0.15) is 12.5 Å². The molecule has 0 radical (unpaired) electrons. The number of cyclic esters (lactones) is 1. The second-order valence-corrected chi connectivity index (χ2v) is 11.4. The molecule has 0 spiro atoms. The van der Waals surface area contributed by atoms with Crippen molar-refractivity contribution in [2.75, 3.05) is 48.3 Å². The van der Waals surface area contributed by atoms with E-state index in [-0.39, 0.29) is 43.5 Å². The van der Waals surface area contributed by atoms with Crippen molar-refractivity contribution in [3.63, 3.8) is 0 Å². The zero-order chi connectivity index (χ0) is 24.3. The van der Waals surface area contributed by atoms with Gasteiger partial charge >= 0.3 is 6.09 Å². The lowest BCUT2D eigenvalue weighted by Gasteiger charge is -2.34. The lowest BCUT2D eigenvalue weighted by Crippen LogP contribution is -2.39. The number of hydrogen-bond acceptors (Lipinski definition) is 5. The summed E-state index contributed by atoms with van der Waals surface area (Å²) in [6, 6.07) is 11.8. The van der Waals surface area contributed by atoms with Crippen molar-refractivity contribution in [3.05, 3.63) is 59.7 Å². The number of halogens is 2. The van der Waals surface area contributed by atoms with Crippen LogP contribution in [0.2, 0.25) is 0 Å². The average Bonchev–Trinajstić information content (AvgIpc) is 3.18. The van der Waals surface area contributed by atoms with Crippen molar-refractivity contribution in [2.45, 2.75) is 19.6 Å². The van der Waals surface area contributed by atoms with E-state index in [9.17, 15) is 22.9 Å². The van der Waals surface area contributed by atoms with Crippen molar-refractivity contribution in [3.8, 4) is 0 Å². The van der Waals surface area contributed by atoms with Crippen LogP contribution in [0, 0.1) is 11.6 Å². The van der Waals surface area contributed by atoms with Gasteiger partial charge in [0.05, 0.1) is 18.8 Å². The molecular weight excluding hydrogens is 465 g/mol. The summed E-state index contributed by atoms with van der Waals surface area (Å²) in [7, 11) is -2.66. The lowest BCUT2D eigenvalue weighted by molar-refractivity contribution is -0.119. The van der Waals surface area contributed by atoms with Crippen LogP contribution < -0.4 is 20.2 Å². The summed E-state index contributed by atoms with van der Waals surface area (Å²) in [5.74, 6) is -1.87. The first kappa shape index (κ1) is 24.2. The number of nitrogens with zero attached hydrogens (tertiary/aromatic N) is 2. The fraction of sp³-hybridized carbons (Fsp3) is 0.391. The minimum absolute atomic E-state index is 0.0429. The Bertz CT molecular complexity index is 1080. The van der Waals surface area contributed by atoms with Gasteiger partial charge in [-0.05, 0) is 5.56 Å². The molecule has 1 atom stereocenters. The topological polar surface area (TPSA) is 91.0 Å². The largest absolute Gasteiger partial charge is 0.442 e. The van der Waals surface area contributed by atoms with Crippen molar-refractivity contribution in [2.24, 2.45) is 0 Å². The van der Waals surface area contributed by atoms with Crippen molar-refractivity contribution in [1.29, 1.82) is 0 Å². The first-order valence-electron chi connectivity index (χ1n) is 11.1. The molecule has 2 aromatic carbocycles. The fourth-order valence-electron chi connectivity index (χ4n) is 4.11. The van der Waals surface area contributed by atoms with Crippen molar-refractivity contribution < 1.29 is 27.7 Å². The number of rotatable bonds is 7. The Morgan fingerprint density at radius 3 is 2.41 bits per heavy atom. The van der Waals surface area contributed by atoms with Gasteiger partial charge < -0.3 is 19.5 Å². The van der Waals surface area contributed by atoms with Crippen molar-refractivity contribution >= 4 is 30.7 Å². The fourth-order valence-corrected chi connectivity index (χ4v) is 6.25. The molecule has 2 saturated heterocycles. The van der Waals surface area contributed by atoms with Gasteiger partial charge in [0.1, 0.15) is 11.8 Å². The summed E-state index contributed by atoms with van der Waals surface area (Å²) in [5.41, 5.74) is 0.870. The van der Waals surface area contributed by atoms with Gasteiger partial charge in [0.15, 0.2) is 18.9 Å². The molecule has 182 valence electrons. The van der Waals surface area contributed by atoms with Crippen LogP contribution in [0.15, 0.2) is 42.5 Å². The van der Waals surface area contributed by atoms with Gasteiger partial charge in [0.2, 0.25) is 5.91 Å². The maximum atomic E-state index is 15.0. The van der Waals surface area contributed by atoms with E-state index < -0.39 is 31.1 Å². The molecule has 0 aliphatic carbocycles. The summed E-state index contributed by atoms with van der Waals surface area (Å²) >= 11 is 0. The SMILES string of the molecule is CC(=O)NCC1CN(c2cc(F)c(N3CCP(=O)(NCc4ccccc4)CC3)c(F)c2)C(=O)O1. The number of amides is 2. The van der Waals surface area contributed by atoms with Crippen LogP contribution in [-0.2, 0) is 20.6 Å². The number of anilines is 2. The van der Waals surface area contributed by atoms with E-state index in [4.69, 9.17) is 4.74 Å². The highest BCUT2D eigenvalue weighted by Crippen LogP contribution is 2.45. The molecule has 4 rings (SSSR count). The zero-order valence-electron chi connectivity index (χ0n) is 18.8. The quantitative estimate of drug-likeness (QED) is 0.577. The summed E-state index contributed by atoms with van der Waals surface area (Å²) in [6.07, 6.45) is -0.750. The van der Waals surface area contributed by atoms with Crippen LogP contribution in [0.5, 0.6) is 0 Å².